The highest BCUT2D eigenvalue weighted by atomic mass is 32.1. The van der Waals surface area contributed by atoms with Crippen molar-refractivity contribution in [3.8, 4) is 0 Å². The van der Waals surface area contributed by atoms with Crippen molar-refractivity contribution in [3.05, 3.63) is 16.1 Å². The smallest absolute Gasteiger partial charge is 0.314 e. The SMILES string of the molecule is CC(C)(F)c1ncc(C(C)(C)C(=O)O)s1. The Kier molecular flexibility index (Phi) is 2.87. The Hall–Kier alpha value is -0.970. The number of aliphatic carboxylic acids is 1. The lowest BCUT2D eigenvalue weighted by atomic mass is 9.93. The summed E-state index contributed by atoms with van der Waals surface area (Å²) in [4.78, 5) is 15.4. The Labute approximate surface area is 92.0 Å². The highest BCUT2D eigenvalue weighted by molar-refractivity contribution is 7.12. The lowest BCUT2D eigenvalue weighted by molar-refractivity contribution is -0.142. The summed E-state index contributed by atoms with van der Waals surface area (Å²) in [6, 6.07) is 0. The number of hydrogen-bond acceptors (Lipinski definition) is 3. The summed E-state index contributed by atoms with van der Waals surface area (Å²) < 4.78 is 13.5. The van der Waals surface area contributed by atoms with E-state index in [-0.39, 0.29) is 0 Å². The minimum absolute atomic E-state index is 0.312. The van der Waals surface area contributed by atoms with Crippen LogP contribution in [0.15, 0.2) is 6.20 Å². The van der Waals surface area contributed by atoms with Crippen molar-refractivity contribution in [1.82, 2.24) is 4.98 Å². The molecule has 1 N–H and O–H groups in total. The van der Waals surface area contributed by atoms with Crippen LogP contribution < -0.4 is 0 Å². The third kappa shape index (κ3) is 2.34. The van der Waals surface area contributed by atoms with Gasteiger partial charge in [0.05, 0.1) is 5.41 Å². The minimum Gasteiger partial charge on any atom is -0.481 e. The molecule has 1 aromatic heterocycles. The van der Waals surface area contributed by atoms with Crippen LogP contribution in [0.3, 0.4) is 0 Å². The first-order chi connectivity index (χ1) is 6.65. The van der Waals surface area contributed by atoms with Gasteiger partial charge in [-0.15, -0.1) is 11.3 Å². The third-order valence-corrected chi connectivity index (χ3v) is 3.78. The van der Waals surface area contributed by atoms with Crippen LogP contribution in [-0.4, -0.2) is 16.1 Å². The second kappa shape index (κ2) is 3.56. The summed E-state index contributed by atoms with van der Waals surface area (Å²) in [5.74, 6) is -0.936. The van der Waals surface area contributed by atoms with E-state index in [1.807, 2.05) is 0 Å². The molecule has 0 fully saturated rings. The second-order valence-corrected chi connectivity index (χ2v) is 5.46. The van der Waals surface area contributed by atoms with Crippen LogP contribution in [0.1, 0.15) is 37.6 Å². The Morgan fingerprint density at radius 2 is 2.00 bits per heavy atom. The van der Waals surface area contributed by atoms with E-state index in [4.69, 9.17) is 5.11 Å². The number of carboxylic acid groups (broad SMARTS) is 1. The highest BCUT2D eigenvalue weighted by Gasteiger charge is 2.33. The summed E-state index contributed by atoms with van der Waals surface area (Å²) in [6.45, 7) is 5.97. The molecule has 15 heavy (non-hydrogen) atoms. The molecule has 3 nitrogen and oxygen atoms in total. The van der Waals surface area contributed by atoms with E-state index in [1.54, 1.807) is 13.8 Å². The van der Waals surface area contributed by atoms with Gasteiger partial charge in [0.25, 0.3) is 0 Å². The van der Waals surface area contributed by atoms with E-state index >= 15 is 0 Å². The van der Waals surface area contributed by atoms with Gasteiger partial charge in [0, 0.05) is 11.1 Å². The molecule has 0 spiro atoms. The van der Waals surface area contributed by atoms with Crippen LogP contribution in [0.25, 0.3) is 0 Å². The van der Waals surface area contributed by atoms with E-state index in [0.717, 1.165) is 11.3 Å². The van der Waals surface area contributed by atoms with Gasteiger partial charge in [-0.3, -0.25) is 4.79 Å². The van der Waals surface area contributed by atoms with Crippen LogP contribution in [0.2, 0.25) is 0 Å². The lowest BCUT2D eigenvalue weighted by Gasteiger charge is -2.16. The Bertz CT molecular complexity index is 379. The van der Waals surface area contributed by atoms with E-state index < -0.39 is 17.1 Å². The zero-order valence-corrected chi connectivity index (χ0v) is 9.98. The number of nitrogens with zero attached hydrogens (tertiary/aromatic N) is 1. The fourth-order valence-electron chi connectivity index (χ4n) is 0.943. The van der Waals surface area contributed by atoms with E-state index in [0.29, 0.717) is 9.88 Å². The van der Waals surface area contributed by atoms with Crippen molar-refractivity contribution in [2.45, 2.75) is 38.8 Å². The van der Waals surface area contributed by atoms with Gasteiger partial charge in [0.15, 0.2) is 5.67 Å². The molecule has 1 aromatic rings. The van der Waals surface area contributed by atoms with E-state index in [1.165, 1.54) is 20.0 Å². The maximum absolute atomic E-state index is 13.5. The number of thiazole rings is 1. The van der Waals surface area contributed by atoms with Crippen molar-refractivity contribution < 1.29 is 14.3 Å². The quantitative estimate of drug-likeness (QED) is 0.870. The maximum atomic E-state index is 13.5. The molecule has 1 heterocycles. The average Bonchev–Trinajstić information content (AvgIpc) is 2.50. The third-order valence-electron chi connectivity index (χ3n) is 2.16. The standard InChI is InChI=1S/C10H14FNO2S/c1-9(2,8(13)14)6-5-12-7(15-6)10(3,4)11/h5H,1-4H3,(H,13,14). The van der Waals surface area contributed by atoms with E-state index in [9.17, 15) is 9.18 Å². The first kappa shape index (κ1) is 12.1. The Morgan fingerprint density at radius 3 is 2.33 bits per heavy atom. The van der Waals surface area contributed by atoms with Crippen LogP contribution >= 0.6 is 11.3 Å². The number of halogens is 1. The molecule has 0 radical (unpaired) electrons. The van der Waals surface area contributed by atoms with Gasteiger partial charge in [0.2, 0.25) is 0 Å². The second-order valence-electron chi connectivity index (χ2n) is 4.43. The zero-order valence-electron chi connectivity index (χ0n) is 9.17. The van der Waals surface area contributed by atoms with Gasteiger partial charge in [-0.05, 0) is 27.7 Å². The summed E-state index contributed by atoms with van der Waals surface area (Å²) in [6.07, 6.45) is 1.44. The first-order valence-electron chi connectivity index (χ1n) is 4.55. The monoisotopic (exact) mass is 231 g/mol. The van der Waals surface area contributed by atoms with Crippen LogP contribution in [0, 0.1) is 0 Å². The molecule has 0 aliphatic heterocycles. The summed E-state index contributed by atoms with van der Waals surface area (Å²) >= 11 is 1.11. The zero-order chi connectivity index (χ0) is 11.9. The molecule has 0 aromatic carbocycles. The number of carbonyl (C=O) groups is 1. The minimum atomic E-state index is -1.52. The Morgan fingerprint density at radius 1 is 1.47 bits per heavy atom. The molecule has 0 saturated carbocycles. The fraction of sp³-hybridized carbons (Fsp3) is 0.600. The molecule has 0 saturated heterocycles. The van der Waals surface area contributed by atoms with Crippen molar-refractivity contribution in [2.24, 2.45) is 0 Å². The van der Waals surface area contributed by atoms with Gasteiger partial charge < -0.3 is 5.11 Å². The predicted octanol–water partition coefficient (Wildman–Crippen LogP) is 2.71. The van der Waals surface area contributed by atoms with Gasteiger partial charge in [-0.1, -0.05) is 0 Å². The number of hydrogen-bond donors (Lipinski definition) is 1. The van der Waals surface area contributed by atoms with Crippen molar-refractivity contribution in [3.63, 3.8) is 0 Å². The lowest BCUT2D eigenvalue weighted by Crippen LogP contribution is -2.27. The molecule has 0 unspecified atom stereocenters. The molecule has 84 valence electrons. The number of aromatic nitrogens is 1. The maximum Gasteiger partial charge on any atom is 0.314 e. The summed E-state index contributed by atoms with van der Waals surface area (Å²) in [5.41, 5.74) is -2.53. The van der Waals surface area contributed by atoms with Crippen molar-refractivity contribution in [2.75, 3.05) is 0 Å². The summed E-state index contributed by atoms with van der Waals surface area (Å²) in [5, 5.41) is 9.30. The van der Waals surface area contributed by atoms with Gasteiger partial charge in [-0.25, -0.2) is 9.37 Å². The molecular formula is C10H14FNO2S. The first-order valence-corrected chi connectivity index (χ1v) is 5.36. The van der Waals surface area contributed by atoms with Crippen LogP contribution in [0.4, 0.5) is 4.39 Å². The topological polar surface area (TPSA) is 50.2 Å². The highest BCUT2D eigenvalue weighted by Crippen LogP contribution is 2.34. The molecule has 0 atom stereocenters. The van der Waals surface area contributed by atoms with Gasteiger partial charge in [0.1, 0.15) is 5.01 Å². The van der Waals surface area contributed by atoms with Crippen LogP contribution in [0.5, 0.6) is 0 Å². The molecule has 0 amide bonds. The molecule has 0 aliphatic carbocycles. The van der Waals surface area contributed by atoms with Crippen LogP contribution in [-0.2, 0) is 15.9 Å². The number of alkyl halides is 1. The molecule has 0 aliphatic rings. The molecule has 0 bridgehead atoms. The summed E-state index contributed by atoms with van der Waals surface area (Å²) in [7, 11) is 0. The number of rotatable bonds is 3. The van der Waals surface area contributed by atoms with E-state index in [2.05, 4.69) is 4.98 Å². The largest absolute Gasteiger partial charge is 0.481 e. The van der Waals surface area contributed by atoms with Gasteiger partial charge in [-0.2, -0.15) is 0 Å². The molecule has 5 heteroatoms. The van der Waals surface area contributed by atoms with Crippen molar-refractivity contribution in [1.29, 1.82) is 0 Å². The fourth-order valence-corrected chi connectivity index (χ4v) is 1.95. The van der Waals surface area contributed by atoms with Gasteiger partial charge >= 0.3 is 5.97 Å². The Balaban J connectivity index is 3.10. The normalized spacial score (nSPS) is 12.9. The van der Waals surface area contributed by atoms with Crippen molar-refractivity contribution >= 4 is 17.3 Å². The molecule has 1 rings (SSSR count). The number of carboxylic acids is 1. The predicted molar refractivity (Wildman–Crippen MR) is 56.9 cm³/mol. The average molecular weight is 231 g/mol. The molecular weight excluding hydrogens is 217 g/mol.